The largest absolute Gasteiger partial charge is 0.473 e. The molecule has 2 amide bonds. The van der Waals surface area contributed by atoms with Gasteiger partial charge < -0.3 is 24.9 Å². The van der Waals surface area contributed by atoms with Crippen molar-refractivity contribution in [1.29, 1.82) is 0 Å². The fourth-order valence-corrected chi connectivity index (χ4v) is 3.90. The number of carboxylic acid groups (broad SMARTS) is 2. The van der Waals surface area contributed by atoms with E-state index in [4.69, 9.17) is 19.8 Å². The van der Waals surface area contributed by atoms with Gasteiger partial charge >= 0.3 is 11.9 Å². The Morgan fingerprint density at radius 3 is 1.83 bits per heavy atom. The first-order chi connectivity index (χ1) is 19.2. The number of non-ortho nitro benzene ring substituents is 1. The molecule has 12 heteroatoms. The number of amides is 2. The summed E-state index contributed by atoms with van der Waals surface area (Å²) in [6.45, 7) is 13.6. The van der Waals surface area contributed by atoms with Crippen LogP contribution in [0.25, 0.3) is 0 Å². The number of hydrogen-bond acceptors (Lipinski definition) is 7. The fraction of sp³-hybridized carbons (Fsp3) is 0.448. The fourth-order valence-electron chi connectivity index (χ4n) is 3.90. The Hall–Kier alpha value is -4.32. The Balaban J connectivity index is 0.00000126. The van der Waals surface area contributed by atoms with E-state index >= 15 is 0 Å². The molecule has 0 aliphatic rings. The molecule has 2 N–H and O–H groups in total. The highest BCUT2D eigenvalue weighted by Gasteiger charge is 2.29. The highest BCUT2D eigenvalue weighted by Crippen LogP contribution is 2.19. The molecule has 2 aromatic carbocycles. The molecule has 0 saturated carbocycles. The van der Waals surface area contributed by atoms with Gasteiger partial charge in [-0.05, 0) is 64.5 Å². The maximum absolute atomic E-state index is 13.5. The van der Waals surface area contributed by atoms with Gasteiger partial charge in [-0.1, -0.05) is 44.2 Å². The van der Waals surface area contributed by atoms with Crippen LogP contribution in [0.5, 0.6) is 0 Å². The van der Waals surface area contributed by atoms with Gasteiger partial charge in [0.15, 0.2) is 0 Å². The summed E-state index contributed by atoms with van der Waals surface area (Å²) >= 11 is 0. The van der Waals surface area contributed by atoms with Crippen LogP contribution in [0.1, 0.15) is 57.0 Å². The molecule has 41 heavy (non-hydrogen) atoms. The number of rotatable bonds is 12. The Labute approximate surface area is 240 Å². The standard InChI is InChI=1S/C27H38N4O4.C2H2O4/c1-6-28(7-2)18-11-19-29(26(33)23-14-16-24(17-15-23)31(34)35)21-25(32)30(27(3,4)5)20-22-12-9-8-10-13-22;3-1(4)2(5)6/h8-10,12-17H,6-7,11,18-21H2,1-5H3;(H,3,4)(H,5,6). The minimum Gasteiger partial charge on any atom is -0.473 e. The topological polar surface area (TPSA) is 162 Å². The van der Waals surface area contributed by atoms with Crippen molar-refractivity contribution in [3.8, 4) is 0 Å². The highest BCUT2D eigenvalue weighted by atomic mass is 16.6. The molecule has 0 aliphatic carbocycles. The smallest absolute Gasteiger partial charge is 0.414 e. The Morgan fingerprint density at radius 2 is 1.39 bits per heavy atom. The lowest BCUT2D eigenvalue weighted by molar-refractivity contribution is -0.384. The second kappa shape index (κ2) is 16.7. The summed E-state index contributed by atoms with van der Waals surface area (Å²) in [6, 6.07) is 15.3. The van der Waals surface area contributed by atoms with Crippen molar-refractivity contribution in [3.05, 3.63) is 75.8 Å². The number of hydrogen-bond donors (Lipinski definition) is 2. The number of carboxylic acids is 2. The van der Waals surface area contributed by atoms with Crippen LogP contribution in [-0.2, 0) is 20.9 Å². The van der Waals surface area contributed by atoms with Crippen LogP contribution in [0.15, 0.2) is 54.6 Å². The normalized spacial score (nSPS) is 10.8. The van der Waals surface area contributed by atoms with Crippen molar-refractivity contribution in [2.24, 2.45) is 0 Å². The molecule has 0 bridgehead atoms. The lowest BCUT2D eigenvalue weighted by atomic mass is 10.0. The summed E-state index contributed by atoms with van der Waals surface area (Å²) in [5.41, 5.74) is 0.839. The summed E-state index contributed by atoms with van der Waals surface area (Å²) in [6.07, 6.45) is 0.724. The van der Waals surface area contributed by atoms with Crippen LogP contribution >= 0.6 is 0 Å². The molecule has 0 spiro atoms. The average Bonchev–Trinajstić information content (AvgIpc) is 2.93. The molecule has 12 nitrogen and oxygen atoms in total. The molecule has 0 saturated heterocycles. The number of nitro groups is 1. The molecular weight excluding hydrogens is 532 g/mol. The second-order valence-corrected chi connectivity index (χ2v) is 10.2. The molecule has 0 unspecified atom stereocenters. The van der Waals surface area contributed by atoms with Crippen LogP contribution < -0.4 is 0 Å². The van der Waals surface area contributed by atoms with E-state index in [0.29, 0.717) is 18.7 Å². The summed E-state index contributed by atoms with van der Waals surface area (Å²) in [7, 11) is 0. The van der Waals surface area contributed by atoms with E-state index in [1.165, 1.54) is 24.3 Å². The molecule has 0 aliphatic heterocycles. The highest BCUT2D eigenvalue weighted by molar-refractivity contribution is 6.27. The van der Waals surface area contributed by atoms with Crippen molar-refractivity contribution in [3.63, 3.8) is 0 Å². The van der Waals surface area contributed by atoms with Crippen molar-refractivity contribution in [2.45, 2.75) is 53.1 Å². The van der Waals surface area contributed by atoms with Gasteiger partial charge in [-0.3, -0.25) is 19.7 Å². The first-order valence-electron chi connectivity index (χ1n) is 13.3. The second-order valence-electron chi connectivity index (χ2n) is 10.2. The number of carbonyl (C=O) groups excluding carboxylic acids is 2. The minimum absolute atomic E-state index is 0.0574. The maximum atomic E-state index is 13.5. The zero-order valence-corrected chi connectivity index (χ0v) is 24.3. The molecule has 0 heterocycles. The zero-order chi connectivity index (χ0) is 31.2. The summed E-state index contributed by atoms with van der Waals surface area (Å²) in [4.78, 5) is 61.2. The van der Waals surface area contributed by atoms with Crippen LogP contribution in [-0.4, -0.2) is 91.9 Å². The Bertz CT molecular complexity index is 1150. The predicted molar refractivity (Wildman–Crippen MR) is 153 cm³/mol. The average molecular weight is 573 g/mol. The van der Waals surface area contributed by atoms with Gasteiger partial charge in [0, 0.05) is 36.3 Å². The lowest BCUT2D eigenvalue weighted by Gasteiger charge is -2.37. The van der Waals surface area contributed by atoms with E-state index < -0.39 is 22.4 Å². The third kappa shape index (κ3) is 12.2. The van der Waals surface area contributed by atoms with E-state index in [-0.39, 0.29) is 24.0 Å². The van der Waals surface area contributed by atoms with Gasteiger partial charge in [-0.15, -0.1) is 0 Å². The molecular formula is C29H40N4O8. The molecule has 2 aromatic rings. The molecule has 0 aromatic heterocycles. The number of carbonyl (C=O) groups is 4. The van der Waals surface area contributed by atoms with Gasteiger partial charge in [-0.2, -0.15) is 0 Å². The van der Waals surface area contributed by atoms with Gasteiger partial charge in [0.1, 0.15) is 6.54 Å². The Morgan fingerprint density at radius 1 is 0.854 bits per heavy atom. The number of benzene rings is 2. The van der Waals surface area contributed by atoms with Crippen molar-refractivity contribution in [2.75, 3.05) is 32.7 Å². The maximum Gasteiger partial charge on any atom is 0.414 e. The molecule has 2 rings (SSSR count). The first-order valence-corrected chi connectivity index (χ1v) is 13.3. The van der Waals surface area contributed by atoms with E-state index in [9.17, 15) is 19.7 Å². The zero-order valence-electron chi connectivity index (χ0n) is 24.3. The van der Waals surface area contributed by atoms with E-state index in [2.05, 4.69) is 18.7 Å². The van der Waals surface area contributed by atoms with Gasteiger partial charge in [0.2, 0.25) is 5.91 Å². The molecule has 0 atom stereocenters. The van der Waals surface area contributed by atoms with Gasteiger partial charge in [-0.25, -0.2) is 9.59 Å². The third-order valence-electron chi connectivity index (χ3n) is 6.21. The SMILES string of the molecule is CCN(CC)CCCN(CC(=O)N(Cc1ccccc1)C(C)(C)C)C(=O)c1ccc([N+](=O)[O-])cc1.O=C(O)C(=O)O. The van der Waals surface area contributed by atoms with Crippen LogP contribution in [0.4, 0.5) is 5.69 Å². The summed E-state index contributed by atoms with van der Waals surface area (Å²) in [5.74, 6) is -4.09. The van der Waals surface area contributed by atoms with Gasteiger partial charge in [0.25, 0.3) is 11.6 Å². The van der Waals surface area contributed by atoms with Crippen molar-refractivity contribution >= 4 is 29.4 Å². The number of nitro benzene ring substituents is 1. The molecule has 224 valence electrons. The van der Waals surface area contributed by atoms with Crippen molar-refractivity contribution in [1.82, 2.24) is 14.7 Å². The van der Waals surface area contributed by atoms with Gasteiger partial charge in [0.05, 0.1) is 4.92 Å². The first kappa shape index (κ1) is 34.7. The van der Waals surface area contributed by atoms with E-state index in [1.54, 1.807) is 9.80 Å². The number of nitrogens with zero attached hydrogens (tertiary/aromatic N) is 4. The Kier molecular flexibility index (Phi) is 14.1. The third-order valence-corrected chi connectivity index (χ3v) is 6.21. The monoisotopic (exact) mass is 572 g/mol. The quantitative estimate of drug-likeness (QED) is 0.219. The van der Waals surface area contributed by atoms with E-state index in [0.717, 1.165) is 31.6 Å². The van der Waals surface area contributed by atoms with Crippen LogP contribution in [0, 0.1) is 10.1 Å². The minimum atomic E-state index is -1.82. The number of aliphatic carboxylic acids is 2. The summed E-state index contributed by atoms with van der Waals surface area (Å²) < 4.78 is 0. The van der Waals surface area contributed by atoms with Crippen LogP contribution in [0.3, 0.4) is 0 Å². The van der Waals surface area contributed by atoms with Crippen molar-refractivity contribution < 1.29 is 34.3 Å². The lowest BCUT2D eigenvalue weighted by Crippen LogP contribution is -2.50. The molecule has 0 fully saturated rings. The van der Waals surface area contributed by atoms with Crippen LogP contribution in [0.2, 0.25) is 0 Å². The predicted octanol–water partition coefficient (Wildman–Crippen LogP) is 3.75. The summed E-state index contributed by atoms with van der Waals surface area (Å²) in [5, 5.41) is 25.8. The molecule has 0 radical (unpaired) electrons. The van der Waals surface area contributed by atoms with E-state index in [1.807, 2.05) is 51.1 Å².